The lowest BCUT2D eigenvalue weighted by atomic mass is 9.39. The van der Waals surface area contributed by atoms with Gasteiger partial charge < -0.3 is 0 Å². The van der Waals surface area contributed by atoms with Crippen LogP contribution in [0.25, 0.3) is 0 Å². The number of rotatable bonds is 1. The minimum atomic E-state index is 0.473. The molecule has 0 saturated carbocycles. The molecule has 1 radical (unpaired) electrons. The molecule has 0 aromatic carbocycles. The molecule has 1 aliphatic heterocycles. The minimum absolute atomic E-state index is 0.473. The summed E-state index contributed by atoms with van der Waals surface area (Å²) in [7, 11) is 2.60. The van der Waals surface area contributed by atoms with E-state index in [0.717, 1.165) is 0 Å². The molecule has 69 valence electrons. The van der Waals surface area contributed by atoms with Gasteiger partial charge in [-0.1, -0.05) is 70.4 Å². The van der Waals surface area contributed by atoms with E-state index in [1.54, 1.807) is 0 Å². The van der Waals surface area contributed by atoms with E-state index in [1.807, 2.05) is 0 Å². The van der Waals surface area contributed by atoms with Crippen LogP contribution >= 0.6 is 0 Å². The van der Waals surface area contributed by atoms with Crippen LogP contribution in [-0.4, -0.2) is 7.28 Å². The average Bonchev–Trinajstić information content (AvgIpc) is 2.09. The summed E-state index contributed by atoms with van der Waals surface area (Å²) < 4.78 is 0. The van der Waals surface area contributed by atoms with Gasteiger partial charge in [-0.2, -0.15) is 0 Å². The fourth-order valence-electron chi connectivity index (χ4n) is 2.48. The van der Waals surface area contributed by atoms with Crippen molar-refractivity contribution in [3.8, 4) is 0 Å². The van der Waals surface area contributed by atoms with Crippen LogP contribution in [0.5, 0.6) is 0 Å². The first-order valence-corrected chi connectivity index (χ1v) is 5.35. The number of hydrogen-bond acceptors (Lipinski definition) is 0. The van der Waals surface area contributed by atoms with Gasteiger partial charge in [0.15, 0.2) is 0 Å². The molecule has 1 heterocycles. The fourth-order valence-corrected chi connectivity index (χ4v) is 2.48. The van der Waals surface area contributed by atoms with Crippen LogP contribution in [0.2, 0.25) is 10.6 Å². The first-order valence-electron chi connectivity index (χ1n) is 5.35. The zero-order chi connectivity index (χ0) is 9.24. The molecule has 12 heavy (non-hydrogen) atoms. The van der Waals surface area contributed by atoms with Crippen LogP contribution < -0.4 is 0 Å². The van der Waals surface area contributed by atoms with Crippen molar-refractivity contribution in [3.63, 3.8) is 0 Å². The first-order chi connectivity index (χ1) is 5.47. The molecule has 0 bridgehead atoms. The summed E-state index contributed by atoms with van der Waals surface area (Å²) in [5.74, 6) is 0. The van der Waals surface area contributed by atoms with Crippen molar-refractivity contribution in [2.45, 2.75) is 70.4 Å². The van der Waals surface area contributed by atoms with Crippen molar-refractivity contribution >= 4 is 7.28 Å². The van der Waals surface area contributed by atoms with Crippen LogP contribution in [0.1, 0.15) is 59.8 Å². The van der Waals surface area contributed by atoms with Crippen molar-refractivity contribution < 1.29 is 0 Å². The van der Waals surface area contributed by atoms with Gasteiger partial charge in [-0.15, -0.1) is 0 Å². The Morgan fingerprint density at radius 1 is 1.08 bits per heavy atom. The Balaban J connectivity index is 2.66. The molecule has 1 atom stereocenters. The lowest BCUT2D eigenvalue weighted by Crippen LogP contribution is -2.23. The molecule has 0 aromatic heterocycles. The zero-order valence-electron chi connectivity index (χ0n) is 9.11. The Morgan fingerprint density at radius 2 is 1.67 bits per heavy atom. The lowest BCUT2D eigenvalue weighted by molar-refractivity contribution is 0.514. The second kappa shape index (κ2) is 3.43. The molecule has 0 N–H and O–H groups in total. The van der Waals surface area contributed by atoms with E-state index in [-0.39, 0.29) is 0 Å². The molecule has 0 spiro atoms. The highest BCUT2D eigenvalue weighted by molar-refractivity contribution is 6.44. The molecule has 1 heteroatoms. The van der Waals surface area contributed by atoms with Crippen molar-refractivity contribution in [2.24, 2.45) is 0 Å². The number of hydrogen-bond donors (Lipinski definition) is 0. The highest BCUT2D eigenvalue weighted by Crippen LogP contribution is 2.47. The zero-order valence-corrected chi connectivity index (χ0v) is 9.11. The minimum Gasteiger partial charge on any atom is -0.0671 e. The van der Waals surface area contributed by atoms with E-state index in [9.17, 15) is 0 Å². The van der Waals surface area contributed by atoms with Gasteiger partial charge in [-0.25, -0.2) is 0 Å². The summed E-state index contributed by atoms with van der Waals surface area (Å²) in [6.07, 6.45) is 6.91. The molecule has 0 aromatic rings. The van der Waals surface area contributed by atoms with Gasteiger partial charge in [0.2, 0.25) is 0 Å². The molecule has 0 amide bonds. The maximum Gasteiger partial charge on any atom is 0.125 e. The van der Waals surface area contributed by atoms with Gasteiger partial charge in [-0.05, 0) is 0 Å². The molecule has 1 unspecified atom stereocenters. The maximum atomic E-state index is 2.60. The summed E-state index contributed by atoms with van der Waals surface area (Å²) in [6.45, 7) is 9.50. The standard InChI is InChI=1S/C11H22B/c1-5-11(4)9-7-6-8-10(2,3)12-11/h5-9H2,1-4H3. The maximum absolute atomic E-state index is 2.60. The second-order valence-electron chi connectivity index (χ2n) is 5.35. The average molecular weight is 165 g/mol. The predicted molar refractivity (Wildman–Crippen MR) is 56.9 cm³/mol. The Hall–Kier alpha value is 0.0649. The Kier molecular flexibility index (Phi) is 2.90. The smallest absolute Gasteiger partial charge is 0.0671 e. The van der Waals surface area contributed by atoms with Crippen molar-refractivity contribution in [1.82, 2.24) is 0 Å². The van der Waals surface area contributed by atoms with E-state index in [4.69, 9.17) is 0 Å². The Labute approximate surface area is 78.4 Å². The fraction of sp³-hybridized carbons (Fsp3) is 1.00. The van der Waals surface area contributed by atoms with Gasteiger partial charge in [0, 0.05) is 0 Å². The topological polar surface area (TPSA) is 0 Å². The van der Waals surface area contributed by atoms with Crippen LogP contribution in [0, 0.1) is 0 Å². The van der Waals surface area contributed by atoms with Crippen molar-refractivity contribution in [2.75, 3.05) is 0 Å². The molecular weight excluding hydrogens is 143 g/mol. The van der Waals surface area contributed by atoms with E-state index in [2.05, 4.69) is 35.0 Å². The van der Waals surface area contributed by atoms with Crippen molar-refractivity contribution in [3.05, 3.63) is 0 Å². The van der Waals surface area contributed by atoms with E-state index in [0.29, 0.717) is 10.6 Å². The summed E-state index contributed by atoms with van der Waals surface area (Å²) >= 11 is 0. The molecule has 1 saturated heterocycles. The molecule has 1 aliphatic rings. The Morgan fingerprint density at radius 3 is 2.25 bits per heavy atom. The van der Waals surface area contributed by atoms with Gasteiger partial charge in [0.25, 0.3) is 0 Å². The summed E-state index contributed by atoms with van der Waals surface area (Å²) in [6, 6.07) is 0. The SMILES string of the molecule is CCC1(C)[B]C(C)(C)CCCC1. The first kappa shape index (κ1) is 10.1. The van der Waals surface area contributed by atoms with Crippen LogP contribution in [0.15, 0.2) is 0 Å². The molecular formula is C11H22B. The van der Waals surface area contributed by atoms with Crippen LogP contribution in [-0.2, 0) is 0 Å². The monoisotopic (exact) mass is 165 g/mol. The molecule has 1 rings (SSSR count). The van der Waals surface area contributed by atoms with Gasteiger partial charge in [0.1, 0.15) is 7.28 Å². The van der Waals surface area contributed by atoms with Gasteiger partial charge >= 0.3 is 0 Å². The third-order valence-corrected chi connectivity index (χ3v) is 3.37. The molecule has 1 fully saturated rings. The lowest BCUT2D eigenvalue weighted by Gasteiger charge is -2.33. The predicted octanol–water partition coefficient (Wildman–Crippen LogP) is 4.05. The largest absolute Gasteiger partial charge is 0.125 e. The van der Waals surface area contributed by atoms with Gasteiger partial charge in [-0.3, -0.25) is 0 Å². The molecule has 0 aliphatic carbocycles. The normalized spacial score (nSPS) is 35.3. The molecule has 0 nitrogen and oxygen atoms in total. The third kappa shape index (κ3) is 2.53. The summed E-state index contributed by atoms with van der Waals surface area (Å²) in [5.41, 5.74) is 0. The van der Waals surface area contributed by atoms with Gasteiger partial charge in [0.05, 0.1) is 0 Å². The van der Waals surface area contributed by atoms with E-state index < -0.39 is 0 Å². The Bertz CT molecular complexity index is 151. The van der Waals surface area contributed by atoms with Crippen molar-refractivity contribution in [1.29, 1.82) is 0 Å². The quantitative estimate of drug-likeness (QED) is 0.514. The highest BCUT2D eigenvalue weighted by Gasteiger charge is 2.34. The van der Waals surface area contributed by atoms with Crippen LogP contribution in [0.4, 0.5) is 0 Å². The second-order valence-corrected chi connectivity index (χ2v) is 5.35. The van der Waals surface area contributed by atoms with Crippen LogP contribution in [0.3, 0.4) is 0 Å². The summed E-state index contributed by atoms with van der Waals surface area (Å²) in [5, 5.41) is 0.987. The van der Waals surface area contributed by atoms with E-state index >= 15 is 0 Å². The highest BCUT2D eigenvalue weighted by atomic mass is 14.3. The van der Waals surface area contributed by atoms with E-state index in [1.165, 1.54) is 32.1 Å². The summed E-state index contributed by atoms with van der Waals surface area (Å²) in [4.78, 5) is 0. The third-order valence-electron chi connectivity index (χ3n) is 3.37.